The van der Waals surface area contributed by atoms with Gasteiger partial charge in [-0.2, -0.15) is 0 Å². The van der Waals surface area contributed by atoms with Crippen molar-refractivity contribution in [3.05, 3.63) is 151 Å². The lowest BCUT2D eigenvalue weighted by atomic mass is 10.0. The van der Waals surface area contributed by atoms with Gasteiger partial charge in [-0.15, -0.1) is 0 Å². The zero-order valence-electron chi connectivity index (χ0n) is 20.8. The van der Waals surface area contributed by atoms with Crippen LogP contribution in [0.1, 0.15) is 25.3 Å². The van der Waals surface area contributed by atoms with Gasteiger partial charge in [-0.1, -0.05) is 147 Å². The third-order valence-electron chi connectivity index (χ3n) is 6.17. The van der Waals surface area contributed by atoms with E-state index in [9.17, 15) is 0 Å². The number of anilines is 1. The summed E-state index contributed by atoms with van der Waals surface area (Å²) >= 11 is 0. The van der Waals surface area contributed by atoms with E-state index >= 15 is 0 Å². The molecule has 0 saturated heterocycles. The van der Waals surface area contributed by atoms with Gasteiger partial charge in [0.15, 0.2) is 0 Å². The van der Waals surface area contributed by atoms with Crippen molar-refractivity contribution in [3.63, 3.8) is 0 Å². The molecule has 0 aliphatic carbocycles. The Hall–Kier alpha value is -3.24. The van der Waals surface area contributed by atoms with E-state index in [0.29, 0.717) is 5.92 Å². The topological polar surface area (TPSA) is 3.24 Å². The van der Waals surface area contributed by atoms with Crippen molar-refractivity contribution < 1.29 is 0 Å². The Bertz CT molecular complexity index is 1180. The number of nitrogens with zero attached hydrogens (tertiary/aromatic N) is 1. The van der Waals surface area contributed by atoms with Crippen molar-refractivity contribution in [2.75, 3.05) is 4.44 Å². The molecule has 178 valence electrons. The molecular formula is C33H31NP2. The first-order valence-electron chi connectivity index (χ1n) is 12.4. The smallest absolute Gasteiger partial charge is 0.0590 e. The molecule has 3 heteroatoms. The van der Waals surface area contributed by atoms with Crippen LogP contribution in [0.2, 0.25) is 0 Å². The van der Waals surface area contributed by atoms with E-state index in [1.807, 2.05) is 0 Å². The Morgan fingerprint density at radius 1 is 0.417 bits per heavy atom. The molecule has 5 aromatic rings. The molecule has 0 aromatic heterocycles. The monoisotopic (exact) mass is 503 g/mol. The summed E-state index contributed by atoms with van der Waals surface area (Å²) in [5.41, 5.74) is 2.63. The van der Waals surface area contributed by atoms with Gasteiger partial charge in [-0.25, -0.2) is 0 Å². The van der Waals surface area contributed by atoms with Crippen LogP contribution in [-0.4, -0.2) is 0 Å². The molecule has 5 rings (SSSR count). The van der Waals surface area contributed by atoms with Crippen molar-refractivity contribution in [1.82, 2.24) is 0 Å². The summed E-state index contributed by atoms with van der Waals surface area (Å²) < 4.78 is 2.73. The van der Waals surface area contributed by atoms with Gasteiger partial charge in [0, 0.05) is 26.9 Å². The number of hydrogen-bond donors (Lipinski definition) is 0. The van der Waals surface area contributed by atoms with Gasteiger partial charge in [0.2, 0.25) is 0 Å². The highest BCUT2D eigenvalue weighted by molar-refractivity contribution is 7.90. The first-order chi connectivity index (χ1) is 17.7. The highest BCUT2D eigenvalue weighted by Crippen LogP contribution is 2.57. The summed E-state index contributed by atoms with van der Waals surface area (Å²) in [4.78, 5) is 0. The van der Waals surface area contributed by atoms with E-state index in [4.69, 9.17) is 0 Å². The van der Waals surface area contributed by atoms with Crippen LogP contribution in [0.25, 0.3) is 0 Å². The fourth-order valence-corrected chi connectivity index (χ4v) is 10.3. The summed E-state index contributed by atoms with van der Waals surface area (Å²) in [7, 11) is -1.68. The Morgan fingerprint density at radius 2 is 0.722 bits per heavy atom. The minimum atomic E-state index is -0.840. The lowest BCUT2D eigenvalue weighted by Crippen LogP contribution is -2.31. The zero-order chi connectivity index (χ0) is 24.7. The third-order valence-corrected chi connectivity index (χ3v) is 11.6. The molecule has 0 bridgehead atoms. The maximum atomic E-state index is 2.73. The number of rotatable bonds is 8. The van der Waals surface area contributed by atoms with E-state index in [1.54, 1.807) is 0 Å². The first kappa shape index (κ1) is 24.5. The average molecular weight is 504 g/mol. The van der Waals surface area contributed by atoms with Gasteiger partial charge in [0.1, 0.15) is 0 Å². The predicted octanol–water partition coefficient (Wildman–Crippen LogP) is 7.71. The molecule has 1 nitrogen and oxygen atoms in total. The fourth-order valence-electron chi connectivity index (χ4n) is 4.33. The van der Waals surface area contributed by atoms with Crippen LogP contribution in [0.4, 0.5) is 5.69 Å². The SMILES string of the molecule is CC(C)c1ccc(N(P(c2ccccc2)c2ccccc2)P(c2ccccc2)c2ccccc2)cc1. The van der Waals surface area contributed by atoms with E-state index in [-0.39, 0.29) is 0 Å². The minimum absolute atomic E-state index is 0.502. The van der Waals surface area contributed by atoms with E-state index in [0.717, 1.165) is 0 Å². The Kier molecular flexibility index (Phi) is 7.92. The molecule has 5 aromatic carbocycles. The standard InChI is InChI=1S/C33H31NP2/c1-27(2)28-23-25-29(26-24-28)34(35(30-15-7-3-8-16-30)31-17-9-4-10-18-31)36(32-19-11-5-12-20-32)33-21-13-6-14-22-33/h3-27H,1-2H3. The summed E-state index contributed by atoms with van der Waals surface area (Å²) in [6.45, 7) is 4.52. The molecule has 0 aliphatic heterocycles. The molecule has 36 heavy (non-hydrogen) atoms. The zero-order valence-corrected chi connectivity index (χ0v) is 22.6. The third kappa shape index (κ3) is 5.44. The molecular weight excluding hydrogens is 472 g/mol. The highest BCUT2D eigenvalue weighted by Gasteiger charge is 2.32. The lowest BCUT2D eigenvalue weighted by molar-refractivity contribution is 0.867. The first-order valence-corrected chi connectivity index (χ1v) is 15.0. The van der Waals surface area contributed by atoms with Crippen molar-refractivity contribution in [2.24, 2.45) is 0 Å². The van der Waals surface area contributed by atoms with E-state index in [1.165, 1.54) is 32.5 Å². The van der Waals surface area contributed by atoms with Gasteiger partial charge >= 0.3 is 0 Å². The molecule has 0 radical (unpaired) electrons. The lowest BCUT2D eigenvalue weighted by Gasteiger charge is -2.40. The number of benzene rings is 5. The van der Waals surface area contributed by atoms with Crippen LogP contribution in [-0.2, 0) is 0 Å². The summed E-state index contributed by atoms with van der Waals surface area (Å²) in [5.74, 6) is 0.502. The van der Waals surface area contributed by atoms with Gasteiger partial charge in [0.05, 0.1) is 16.1 Å². The molecule has 0 spiro atoms. The van der Waals surface area contributed by atoms with Crippen molar-refractivity contribution >= 4 is 43.1 Å². The second-order valence-corrected chi connectivity index (χ2v) is 13.4. The fraction of sp³-hybridized carbons (Fsp3) is 0.0909. The quantitative estimate of drug-likeness (QED) is 0.196. The van der Waals surface area contributed by atoms with Gasteiger partial charge in [-0.3, -0.25) is 0 Å². The Labute approximate surface area is 218 Å². The molecule has 0 atom stereocenters. The Morgan fingerprint density at radius 3 is 1.00 bits per heavy atom. The largest absolute Gasteiger partial charge is 0.313 e. The van der Waals surface area contributed by atoms with Crippen molar-refractivity contribution in [2.45, 2.75) is 19.8 Å². The minimum Gasteiger partial charge on any atom is -0.313 e. The molecule has 0 amide bonds. The molecule has 0 heterocycles. The maximum absolute atomic E-state index is 2.73. The van der Waals surface area contributed by atoms with Gasteiger partial charge in [0.25, 0.3) is 0 Å². The van der Waals surface area contributed by atoms with Gasteiger partial charge in [-0.05, 0) is 23.6 Å². The van der Waals surface area contributed by atoms with Crippen molar-refractivity contribution in [3.8, 4) is 0 Å². The van der Waals surface area contributed by atoms with Crippen LogP contribution < -0.4 is 25.7 Å². The van der Waals surface area contributed by atoms with Crippen LogP contribution in [0.5, 0.6) is 0 Å². The highest BCUT2D eigenvalue weighted by atomic mass is 31.2. The molecule has 0 N–H and O–H groups in total. The van der Waals surface area contributed by atoms with Crippen LogP contribution in [0.15, 0.2) is 146 Å². The predicted molar refractivity (Wildman–Crippen MR) is 161 cm³/mol. The van der Waals surface area contributed by atoms with Gasteiger partial charge < -0.3 is 4.44 Å². The van der Waals surface area contributed by atoms with Crippen LogP contribution in [0, 0.1) is 0 Å². The summed E-state index contributed by atoms with van der Waals surface area (Å²) in [5, 5.41) is 5.41. The normalized spacial score (nSPS) is 11.2. The average Bonchev–Trinajstić information content (AvgIpc) is 2.95. The molecule has 0 fully saturated rings. The maximum Gasteiger partial charge on any atom is 0.0590 e. The van der Waals surface area contributed by atoms with Crippen LogP contribution in [0.3, 0.4) is 0 Å². The second kappa shape index (κ2) is 11.7. The second-order valence-electron chi connectivity index (χ2n) is 9.00. The summed E-state index contributed by atoms with van der Waals surface area (Å²) in [6.07, 6.45) is 0. The molecule has 0 aliphatic rings. The van der Waals surface area contributed by atoms with E-state index in [2.05, 4.69) is 164 Å². The Balaban J connectivity index is 1.78. The number of hydrogen-bond acceptors (Lipinski definition) is 1. The summed E-state index contributed by atoms with van der Waals surface area (Å²) in [6, 6.07) is 53.4. The van der Waals surface area contributed by atoms with Crippen molar-refractivity contribution in [1.29, 1.82) is 0 Å². The molecule has 0 saturated carbocycles. The van der Waals surface area contributed by atoms with E-state index < -0.39 is 16.1 Å². The molecule has 0 unspecified atom stereocenters. The van der Waals surface area contributed by atoms with Crippen LogP contribution >= 0.6 is 16.1 Å².